The van der Waals surface area contributed by atoms with Crippen molar-refractivity contribution in [2.24, 2.45) is 17.8 Å². The molecule has 0 rings (SSSR count). The molecule has 0 bridgehead atoms. The van der Waals surface area contributed by atoms with Gasteiger partial charge in [0.1, 0.15) is 0 Å². The monoisotopic (exact) mass is 491 g/mol. The fraction of sp³-hybridized carbons (Fsp3) is 0.875. The van der Waals surface area contributed by atoms with Crippen molar-refractivity contribution in [1.82, 2.24) is 0 Å². The first-order chi connectivity index (χ1) is 13.9. The zero-order valence-electron chi connectivity index (χ0n) is 20.6. The molecule has 0 unspecified atom stereocenters. The Morgan fingerprint density at radius 1 is 0.484 bits per heavy atom. The van der Waals surface area contributed by atoms with Crippen LogP contribution in [0.5, 0.6) is 0 Å². The van der Waals surface area contributed by atoms with E-state index in [4.69, 9.17) is 15.3 Å². The summed E-state index contributed by atoms with van der Waals surface area (Å²) in [7, 11) is 0. The topological polar surface area (TPSA) is 112 Å². The number of carboxylic acids is 3. The molecule has 7 heteroatoms. The summed E-state index contributed by atoms with van der Waals surface area (Å²) in [6.07, 6.45) is 10.0. The van der Waals surface area contributed by atoms with Crippen molar-refractivity contribution in [1.29, 1.82) is 0 Å². The van der Waals surface area contributed by atoms with E-state index < -0.39 is 17.9 Å². The molecule has 0 aromatic heterocycles. The molecule has 31 heavy (non-hydrogen) atoms. The van der Waals surface area contributed by atoms with Crippen molar-refractivity contribution in [3.63, 3.8) is 0 Å². The molecule has 0 saturated carbocycles. The third-order valence-electron chi connectivity index (χ3n) is 4.27. The van der Waals surface area contributed by atoms with Gasteiger partial charge in [-0.25, -0.2) is 0 Å². The SMILES string of the molecule is CC(C)CCCCC(=O)O.CC(C)CCCCC(=O)O.CC(C)CCCCC(=O)O.[Co]. The molecule has 0 saturated heterocycles. The van der Waals surface area contributed by atoms with Gasteiger partial charge in [-0.2, -0.15) is 0 Å². The van der Waals surface area contributed by atoms with Crippen molar-refractivity contribution in [3.8, 4) is 0 Å². The van der Waals surface area contributed by atoms with Crippen molar-refractivity contribution in [3.05, 3.63) is 0 Å². The van der Waals surface area contributed by atoms with Gasteiger partial charge in [0.25, 0.3) is 0 Å². The molecule has 6 nitrogen and oxygen atoms in total. The van der Waals surface area contributed by atoms with Gasteiger partial charge in [0.15, 0.2) is 0 Å². The summed E-state index contributed by atoms with van der Waals surface area (Å²) < 4.78 is 0. The van der Waals surface area contributed by atoms with Gasteiger partial charge in [0.2, 0.25) is 0 Å². The minimum absolute atomic E-state index is 0. The molecule has 0 aliphatic heterocycles. The molecular formula is C24H48CoO6. The van der Waals surface area contributed by atoms with Gasteiger partial charge in [-0.15, -0.1) is 0 Å². The van der Waals surface area contributed by atoms with Gasteiger partial charge >= 0.3 is 17.9 Å². The summed E-state index contributed by atoms with van der Waals surface area (Å²) in [5, 5.41) is 24.8. The first kappa shape index (κ1) is 37.2. The van der Waals surface area contributed by atoms with Gasteiger partial charge in [0.05, 0.1) is 0 Å². The smallest absolute Gasteiger partial charge is 0.303 e. The molecule has 0 aromatic carbocycles. The third-order valence-corrected chi connectivity index (χ3v) is 4.27. The van der Waals surface area contributed by atoms with Crippen LogP contribution in [0.3, 0.4) is 0 Å². The van der Waals surface area contributed by atoms with Gasteiger partial charge < -0.3 is 15.3 Å². The van der Waals surface area contributed by atoms with Crippen LogP contribution in [0.2, 0.25) is 0 Å². The van der Waals surface area contributed by atoms with Gasteiger partial charge in [-0.3, -0.25) is 14.4 Å². The maximum Gasteiger partial charge on any atom is 0.303 e. The summed E-state index contributed by atoms with van der Waals surface area (Å²) in [5.41, 5.74) is 0. The van der Waals surface area contributed by atoms with E-state index >= 15 is 0 Å². The molecule has 0 aliphatic carbocycles. The second-order valence-corrected chi connectivity index (χ2v) is 9.10. The second-order valence-electron chi connectivity index (χ2n) is 9.10. The Morgan fingerprint density at radius 2 is 0.677 bits per heavy atom. The Bertz CT molecular complexity index is 360. The van der Waals surface area contributed by atoms with Crippen molar-refractivity contribution < 1.29 is 46.5 Å². The van der Waals surface area contributed by atoms with Crippen molar-refractivity contribution in [2.75, 3.05) is 0 Å². The Labute approximate surface area is 200 Å². The van der Waals surface area contributed by atoms with Crippen molar-refractivity contribution in [2.45, 2.75) is 119 Å². The Kier molecular flexibility index (Phi) is 32.4. The standard InChI is InChI=1S/3C8H16O2.Co/c3*1-7(2)5-3-4-6-8(9)10;/h3*7H,3-6H2,1-2H3,(H,9,10);. The van der Waals surface area contributed by atoms with E-state index in [2.05, 4.69) is 41.5 Å². The average molecular weight is 492 g/mol. The number of unbranched alkanes of at least 4 members (excludes halogenated alkanes) is 3. The number of hydrogen-bond donors (Lipinski definition) is 3. The largest absolute Gasteiger partial charge is 0.481 e. The maximum absolute atomic E-state index is 10.0. The van der Waals surface area contributed by atoms with Crippen LogP contribution in [0.1, 0.15) is 119 Å². The number of aliphatic carboxylic acids is 3. The van der Waals surface area contributed by atoms with Crippen LogP contribution in [0, 0.1) is 17.8 Å². The van der Waals surface area contributed by atoms with E-state index in [1.54, 1.807) is 0 Å². The molecule has 3 N–H and O–H groups in total. The van der Waals surface area contributed by atoms with Crippen LogP contribution in [0.4, 0.5) is 0 Å². The van der Waals surface area contributed by atoms with Crippen LogP contribution in [-0.4, -0.2) is 33.2 Å². The molecule has 0 atom stereocenters. The summed E-state index contributed by atoms with van der Waals surface area (Å²) in [4.78, 5) is 30.1. The second kappa shape index (κ2) is 27.0. The fourth-order valence-electron chi connectivity index (χ4n) is 2.49. The predicted octanol–water partition coefficient (Wildman–Crippen LogP) is 6.86. The Morgan fingerprint density at radius 3 is 0.806 bits per heavy atom. The summed E-state index contributed by atoms with van der Waals surface area (Å²) in [5.74, 6) is 0.0765. The normalized spacial score (nSPS) is 9.97. The number of carbonyl (C=O) groups is 3. The van der Waals surface area contributed by atoms with Crippen LogP contribution in [0.25, 0.3) is 0 Å². The zero-order valence-corrected chi connectivity index (χ0v) is 21.7. The first-order valence-corrected chi connectivity index (χ1v) is 11.5. The predicted molar refractivity (Wildman–Crippen MR) is 123 cm³/mol. The quantitative estimate of drug-likeness (QED) is 0.216. The Balaban J connectivity index is -0.000000174. The molecule has 0 fully saturated rings. The van der Waals surface area contributed by atoms with E-state index in [1.165, 1.54) is 0 Å². The van der Waals surface area contributed by atoms with Gasteiger partial charge in [-0.05, 0) is 37.0 Å². The first-order valence-electron chi connectivity index (χ1n) is 11.5. The molecule has 0 heterocycles. The molecule has 189 valence electrons. The number of hydrogen-bond acceptors (Lipinski definition) is 3. The van der Waals surface area contributed by atoms with E-state index in [9.17, 15) is 14.4 Å². The molecule has 0 aromatic rings. The zero-order chi connectivity index (χ0) is 23.9. The van der Waals surface area contributed by atoms with E-state index in [0.717, 1.165) is 57.8 Å². The van der Waals surface area contributed by atoms with Gasteiger partial charge in [-0.1, -0.05) is 80.1 Å². The third kappa shape index (κ3) is 52.8. The molecule has 1 radical (unpaired) electrons. The average Bonchev–Trinajstić information content (AvgIpc) is 2.60. The minimum Gasteiger partial charge on any atom is -0.481 e. The van der Waals surface area contributed by atoms with E-state index in [1.807, 2.05) is 0 Å². The molecule has 0 amide bonds. The molecular weight excluding hydrogens is 443 g/mol. The maximum atomic E-state index is 10.0. The summed E-state index contributed by atoms with van der Waals surface area (Å²) in [6, 6.07) is 0. The number of carboxylic acid groups (broad SMARTS) is 3. The number of rotatable bonds is 15. The van der Waals surface area contributed by atoms with Crippen LogP contribution in [-0.2, 0) is 31.2 Å². The van der Waals surface area contributed by atoms with Gasteiger partial charge in [0, 0.05) is 36.0 Å². The summed E-state index contributed by atoms with van der Waals surface area (Å²) >= 11 is 0. The molecule has 0 aliphatic rings. The fourth-order valence-corrected chi connectivity index (χ4v) is 2.49. The van der Waals surface area contributed by atoms with Crippen LogP contribution >= 0.6 is 0 Å². The Hall–Kier alpha value is -1.08. The van der Waals surface area contributed by atoms with E-state index in [-0.39, 0.29) is 16.8 Å². The van der Waals surface area contributed by atoms with E-state index in [0.29, 0.717) is 37.0 Å². The minimum atomic E-state index is -0.677. The molecule has 0 spiro atoms. The summed E-state index contributed by atoms with van der Waals surface area (Å²) in [6.45, 7) is 12.9. The van der Waals surface area contributed by atoms with Crippen LogP contribution in [0.15, 0.2) is 0 Å². The van der Waals surface area contributed by atoms with Crippen molar-refractivity contribution >= 4 is 17.9 Å². The van der Waals surface area contributed by atoms with Crippen LogP contribution < -0.4 is 0 Å².